The normalized spacial score (nSPS) is 10.1. The quantitative estimate of drug-likeness (QED) is 0.438. The summed E-state index contributed by atoms with van der Waals surface area (Å²) in [7, 11) is 0. The second kappa shape index (κ2) is 4.96. The van der Waals surface area contributed by atoms with E-state index in [9.17, 15) is 10.1 Å². The van der Waals surface area contributed by atoms with Crippen molar-refractivity contribution in [2.24, 2.45) is 0 Å². The number of nitro benzene ring substituents is 1. The average Bonchev–Trinajstić information content (AvgIpc) is 2.14. The van der Waals surface area contributed by atoms with Crippen molar-refractivity contribution in [2.45, 2.75) is 19.8 Å². The van der Waals surface area contributed by atoms with Gasteiger partial charge >= 0.3 is 0 Å². The Balaban J connectivity index is 2.83. The molecule has 0 bridgehead atoms. The second-order valence-corrected chi connectivity index (χ2v) is 3.55. The third-order valence-electron chi connectivity index (χ3n) is 2.06. The molecule has 0 atom stereocenters. The molecule has 0 aliphatic rings. The summed E-state index contributed by atoms with van der Waals surface area (Å²) in [6.45, 7) is 1.75. The van der Waals surface area contributed by atoms with E-state index in [2.05, 4.69) is 0 Å². The Kier molecular flexibility index (Phi) is 3.89. The SMILES string of the molecule is Cc1cc(CCCCl)ccc1[N+](=O)[O-]. The van der Waals surface area contributed by atoms with Gasteiger partial charge in [-0.2, -0.15) is 0 Å². The van der Waals surface area contributed by atoms with Crippen molar-refractivity contribution in [1.82, 2.24) is 0 Å². The molecule has 0 aliphatic carbocycles. The molecule has 3 nitrogen and oxygen atoms in total. The number of nitro groups is 1. The number of nitrogens with zero attached hydrogens (tertiary/aromatic N) is 1. The Morgan fingerprint density at radius 1 is 1.50 bits per heavy atom. The largest absolute Gasteiger partial charge is 0.272 e. The lowest BCUT2D eigenvalue weighted by Gasteiger charge is -2.01. The van der Waals surface area contributed by atoms with Crippen molar-refractivity contribution < 1.29 is 4.92 Å². The monoisotopic (exact) mass is 213 g/mol. The second-order valence-electron chi connectivity index (χ2n) is 3.17. The van der Waals surface area contributed by atoms with Crippen LogP contribution in [0.1, 0.15) is 17.5 Å². The Bertz CT molecular complexity index is 339. The van der Waals surface area contributed by atoms with Gasteiger partial charge in [0, 0.05) is 17.5 Å². The van der Waals surface area contributed by atoms with Crippen LogP contribution < -0.4 is 0 Å². The average molecular weight is 214 g/mol. The molecule has 0 spiro atoms. The first-order valence-corrected chi connectivity index (χ1v) is 4.98. The summed E-state index contributed by atoms with van der Waals surface area (Å²) in [6, 6.07) is 5.20. The maximum Gasteiger partial charge on any atom is 0.272 e. The van der Waals surface area contributed by atoms with E-state index >= 15 is 0 Å². The molecule has 0 saturated heterocycles. The van der Waals surface area contributed by atoms with Gasteiger partial charge < -0.3 is 0 Å². The lowest BCUT2D eigenvalue weighted by molar-refractivity contribution is -0.385. The Labute approximate surface area is 87.8 Å². The first kappa shape index (κ1) is 11.0. The van der Waals surface area contributed by atoms with Gasteiger partial charge in [0.05, 0.1) is 4.92 Å². The highest BCUT2D eigenvalue weighted by molar-refractivity contribution is 6.17. The summed E-state index contributed by atoms with van der Waals surface area (Å²) >= 11 is 5.56. The lowest BCUT2D eigenvalue weighted by Crippen LogP contribution is -1.94. The molecule has 76 valence electrons. The van der Waals surface area contributed by atoms with E-state index in [1.54, 1.807) is 19.1 Å². The molecule has 0 amide bonds. The van der Waals surface area contributed by atoms with Crippen LogP contribution in [0.25, 0.3) is 0 Å². The minimum Gasteiger partial charge on any atom is -0.258 e. The van der Waals surface area contributed by atoms with Crippen LogP contribution >= 0.6 is 11.6 Å². The van der Waals surface area contributed by atoms with E-state index in [0.29, 0.717) is 11.4 Å². The molecule has 0 unspecified atom stereocenters. The summed E-state index contributed by atoms with van der Waals surface area (Å²) in [5.74, 6) is 0.621. The van der Waals surface area contributed by atoms with Crippen molar-refractivity contribution in [3.63, 3.8) is 0 Å². The lowest BCUT2D eigenvalue weighted by atomic mass is 10.1. The van der Waals surface area contributed by atoms with Gasteiger partial charge in [-0.05, 0) is 31.4 Å². The zero-order valence-electron chi connectivity index (χ0n) is 8.00. The Morgan fingerprint density at radius 2 is 2.21 bits per heavy atom. The number of alkyl halides is 1. The molecule has 0 aromatic heterocycles. The number of benzene rings is 1. The summed E-state index contributed by atoms with van der Waals surface area (Å²) in [4.78, 5) is 10.2. The molecule has 0 radical (unpaired) electrons. The third kappa shape index (κ3) is 2.70. The smallest absolute Gasteiger partial charge is 0.258 e. The molecule has 1 aromatic rings. The standard InChI is InChI=1S/C10H12ClNO2/c1-8-7-9(3-2-6-11)4-5-10(8)12(13)14/h4-5,7H,2-3,6H2,1H3. The molecular weight excluding hydrogens is 202 g/mol. The van der Waals surface area contributed by atoms with Crippen molar-refractivity contribution in [2.75, 3.05) is 5.88 Å². The fourth-order valence-electron chi connectivity index (χ4n) is 1.35. The topological polar surface area (TPSA) is 43.1 Å². The van der Waals surface area contributed by atoms with E-state index in [1.807, 2.05) is 6.07 Å². The van der Waals surface area contributed by atoms with Gasteiger partial charge in [-0.1, -0.05) is 6.07 Å². The molecule has 1 rings (SSSR count). The molecular formula is C10H12ClNO2. The number of rotatable bonds is 4. The van der Waals surface area contributed by atoms with Crippen LogP contribution in [0.2, 0.25) is 0 Å². The molecule has 0 N–H and O–H groups in total. The van der Waals surface area contributed by atoms with E-state index in [0.717, 1.165) is 18.4 Å². The third-order valence-corrected chi connectivity index (χ3v) is 2.32. The van der Waals surface area contributed by atoms with E-state index in [1.165, 1.54) is 0 Å². The van der Waals surface area contributed by atoms with Gasteiger partial charge in [-0.3, -0.25) is 10.1 Å². The van der Waals surface area contributed by atoms with Gasteiger partial charge in [0.25, 0.3) is 5.69 Å². The first-order valence-electron chi connectivity index (χ1n) is 4.45. The maximum atomic E-state index is 10.5. The van der Waals surface area contributed by atoms with E-state index in [4.69, 9.17) is 11.6 Å². The van der Waals surface area contributed by atoms with E-state index < -0.39 is 0 Å². The van der Waals surface area contributed by atoms with Crippen LogP contribution in [0.5, 0.6) is 0 Å². The van der Waals surface area contributed by atoms with Crippen molar-refractivity contribution in [1.29, 1.82) is 0 Å². The molecule has 14 heavy (non-hydrogen) atoms. The molecule has 1 aromatic carbocycles. The maximum absolute atomic E-state index is 10.5. The Morgan fingerprint density at radius 3 is 2.71 bits per heavy atom. The van der Waals surface area contributed by atoms with Crippen LogP contribution in [0.4, 0.5) is 5.69 Å². The van der Waals surface area contributed by atoms with Gasteiger partial charge in [-0.25, -0.2) is 0 Å². The number of hydrogen-bond donors (Lipinski definition) is 0. The summed E-state index contributed by atoms with van der Waals surface area (Å²) in [5, 5.41) is 10.5. The predicted molar refractivity (Wildman–Crippen MR) is 56.9 cm³/mol. The van der Waals surface area contributed by atoms with Gasteiger partial charge in [0.15, 0.2) is 0 Å². The fraction of sp³-hybridized carbons (Fsp3) is 0.400. The van der Waals surface area contributed by atoms with Crippen LogP contribution in [0.3, 0.4) is 0 Å². The molecule has 0 heterocycles. The number of aryl methyl sites for hydroxylation is 2. The van der Waals surface area contributed by atoms with E-state index in [-0.39, 0.29) is 10.6 Å². The highest BCUT2D eigenvalue weighted by Gasteiger charge is 2.09. The van der Waals surface area contributed by atoms with Crippen molar-refractivity contribution >= 4 is 17.3 Å². The Hall–Kier alpha value is -1.09. The van der Waals surface area contributed by atoms with Crippen LogP contribution in [0, 0.1) is 17.0 Å². The van der Waals surface area contributed by atoms with Gasteiger partial charge in [0.2, 0.25) is 0 Å². The first-order chi connectivity index (χ1) is 6.65. The molecule has 0 saturated carbocycles. The highest BCUT2D eigenvalue weighted by atomic mass is 35.5. The minimum atomic E-state index is -0.360. The summed E-state index contributed by atoms with van der Waals surface area (Å²) in [5.41, 5.74) is 2.00. The zero-order chi connectivity index (χ0) is 10.6. The number of hydrogen-bond acceptors (Lipinski definition) is 2. The van der Waals surface area contributed by atoms with Crippen molar-refractivity contribution in [3.8, 4) is 0 Å². The van der Waals surface area contributed by atoms with Crippen LogP contribution in [-0.2, 0) is 6.42 Å². The molecule has 4 heteroatoms. The molecule has 0 aliphatic heterocycles. The van der Waals surface area contributed by atoms with Crippen LogP contribution in [0.15, 0.2) is 18.2 Å². The fourth-order valence-corrected chi connectivity index (χ4v) is 1.48. The predicted octanol–water partition coefficient (Wildman–Crippen LogP) is 3.07. The summed E-state index contributed by atoms with van der Waals surface area (Å²) in [6.07, 6.45) is 1.78. The molecule has 0 fully saturated rings. The zero-order valence-corrected chi connectivity index (χ0v) is 8.75. The highest BCUT2D eigenvalue weighted by Crippen LogP contribution is 2.19. The summed E-state index contributed by atoms with van der Waals surface area (Å²) < 4.78 is 0. The minimum absolute atomic E-state index is 0.180. The number of halogens is 1. The van der Waals surface area contributed by atoms with Crippen LogP contribution in [-0.4, -0.2) is 10.8 Å². The van der Waals surface area contributed by atoms with Crippen molar-refractivity contribution in [3.05, 3.63) is 39.4 Å². The van der Waals surface area contributed by atoms with Gasteiger partial charge in [-0.15, -0.1) is 11.6 Å². The van der Waals surface area contributed by atoms with Gasteiger partial charge in [0.1, 0.15) is 0 Å².